The normalized spacial score (nSPS) is 22.4. The Bertz CT molecular complexity index is 1570. The first-order valence-electron chi connectivity index (χ1n) is 18.2. The van der Waals surface area contributed by atoms with E-state index in [0.717, 1.165) is 12.8 Å². The van der Waals surface area contributed by atoms with E-state index in [2.05, 4.69) is 9.47 Å². The van der Waals surface area contributed by atoms with Gasteiger partial charge in [-0.1, -0.05) is 67.6 Å². The van der Waals surface area contributed by atoms with Gasteiger partial charge in [-0.25, -0.2) is 14.4 Å². The summed E-state index contributed by atoms with van der Waals surface area (Å²) in [6.45, 7) is 6.00. The second kappa shape index (κ2) is 20.7. The van der Waals surface area contributed by atoms with Crippen LogP contribution in [0.25, 0.3) is 0 Å². The van der Waals surface area contributed by atoms with Crippen molar-refractivity contribution in [3.8, 4) is 0 Å². The van der Waals surface area contributed by atoms with Gasteiger partial charge < -0.3 is 50.5 Å². The van der Waals surface area contributed by atoms with E-state index < -0.39 is 53.6 Å². The minimum Gasteiger partial charge on any atom is -0.505 e. The quantitative estimate of drug-likeness (QED) is 0.0463. The number of aliphatic hydroxyl groups excluding tert-OH is 2. The molecule has 2 aromatic rings. The molecule has 4 aliphatic rings. The Morgan fingerprint density at radius 1 is 0.945 bits per heavy atom. The number of cyclic esters (lactones) is 1. The van der Waals surface area contributed by atoms with Gasteiger partial charge in [0, 0.05) is 101 Å². The Balaban J connectivity index is 0.000000462. The van der Waals surface area contributed by atoms with Gasteiger partial charge >= 0.3 is 24.1 Å². The zero-order valence-corrected chi connectivity index (χ0v) is 35.7. The first kappa shape index (κ1) is 45.3. The first-order valence-corrected chi connectivity index (χ1v) is 18.2. The number of benzene rings is 2. The fraction of sp³-hybridized carbons (Fsp3) is 0.500. The van der Waals surface area contributed by atoms with Crippen molar-refractivity contribution in [3.05, 3.63) is 90.7 Å². The number of rotatable bonds is 13. The molecule has 6 rings (SSSR count). The van der Waals surface area contributed by atoms with Crippen LogP contribution in [0.1, 0.15) is 82.8 Å². The molecular weight excluding hydrogens is 940 g/mol. The van der Waals surface area contributed by atoms with Crippen molar-refractivity contribution in [2.24, 2.45) is 0 Å². The zero-order valence-electron chi connectivity index (χ0n) is 31.6. The van der Waals surface area contributed by atoms with Crippen molar-refractivity contribution in [3.63, 3.8) is 0 Å². The number of esters is 3. The average molecular weight is 992 g/mol. The topological polar surface area (TPSA) is 181 Å². The summed E-state index contributed by atoms with van der Waals surface area (Å²) >= 11 is 0. The minimum absolute atomic E-state index is 0. The molecule has 55 heavy (non-hydrogen) atoms. The number of carbonyl (C=O) groups excluding carboxylic acids is 5. The molecule has 2 bridgehead atoms. The molecule has 4 aliphatic heterocycles. The molecule has 298 valence electrons. The van der Waals surface area contributed by atoms with Gasteiger partial charge in [0.15, 0.2) is 11.9 Å². The number of ether oxygens (including phenoxy) is 6. The monoisotopic (exact) mass is 991 g/mol. The molecule has 14 nitrogen and oxygen atoms in total. The van der Waals surface area contributed by atoms with Crippen molar-refractivity contribution in [1.29, 1.82) is 0 Å². The van der Waals surface area contributed by atoms with E-state index in [9.17, 15) is 24.0 Å². The van der Waals surface area contributed by atoms with Gasteiger partial charge in [-0.3, -0.25) is 9.59 Å². The van der Waals surface area contributed by atoms with Crippen LogP contribution in [0.5, 0.6) is 0 Å². The predicted octanol–water partition coefficient (Wildman–Crippen LogP) is 5.87. The van der Waals surface area contributed by atoms with Crippen LogP contribution in [0.4, 0.5) is 4.79 Å². The summed E-state index contributed by atoms with van der Waals surface area (Å²) in [5.41, 5.74) is -1.01. The van der Waals surface area contributed by atoms with E-state index in [1.807, 2.05) is 19.1 Å². The summed E-state index contributed by atoms with van der Waals surface area (Å²) in [4.78, 5) is 59.8. The van der Waals surface area contributed by atoms with Gasteiger partial charge in [-0.15, -0.1) is 0 Å². The number of hydrogen-bond acceptors (Lipinski definition) is 13. The first-order chi connectivity index (χ1) is 25.5. The predicted molar refractivity (Wildman–Crippen MR) is 192 cm³/mol. The molecule has 0 saturated carbocycles. The van der Waals surface area contributed by atoms with Gasteiger partial charge in [0.1, 0.15) is 6.10 Å². The maximum atomic E-state index is 14.3. The molecule has 4 atom stereocenters. The third-order valence-electron chi connectivity index (χ3n) is 10.5. The van der Waals surface area contributed by atoms with Crippen molar-refractivity contribution in [2.75, 3.05) is 19.7 Å². The molecule has 0 amide bonds. The molecule has 15 heteroatoms. The number of hydrogen-bond donors (Lipinski definition) is 2. The second-order valence-corrected chi connectivity index (χ2v) is 13.7. The van der Waals surface area contributed by atoms with Crippen LogP contribution in [0, 0.1) is 38.5 Å². The van der Waals surface area contributed by atoms with Crippen LogP contribution in [0.3, 0.4) is 0 Å². The van der Waals surface area contributed by atoms with Crippen molar-refractivity contribution < 1.29 is 98.2 Å². The summed E-state index contributed by atoms with van der Waals surface area (Å²) in [5.74, 6) is -3.40. The number of carbonyl (C=O) groups is 5. The maximum absolute atomic E-state index is 14.3. The van der Waals surface area contributed by atoms with Crippen molar-refractivity contribution in [2.45, 2.75) is 108 Å². The molecular formula is C40H51NO13U. The minimum atomic E-state index is -1.90. The third kappa shape index (κ3) is 10.4. The van der Waals surface area contributed by atoms with Crippen LogP contribution >= 0.6 is 0 Å². The van der Waals surface area contributed by atoms with E-state index in [1.54, 1.807) is 48.5 Å². The number of nitrogens with zero attached hydrogens (tertiary/aromatic N) is 1. The summed E-state index contributed by atoms with van der Waals surface area (Å²) < 4.78 is 32.7. The standard InChI is InChI=1S/C32H40NO7.C7H8O6.CH3.U/c1-3-12-29(34)37-23(2)38-31(36)40-32(24-13-6-4-7-14-24,25-15-8-5-9-16-25)30(35)39-28-21-26-17-18-27(22-28)33(26)19-10-11-20-33;8-3-12-2-1-4-5(9)6(10)7(11)13-4;;/h4-9,13-16,23,26-28H,3,10-12,17-22H2,1-2H3;3-4,9-10H,1-2H2;1H3;/q+1;;-1;. The maximum Gasteiger partial charge on any atom is 0.513 e. The van der Waals surface area contributed by atoms with Gasteiger partial charge in [-0.2, -0.15) is 0 Å². The number of aliphatic hydroxyl groups is 2. The molecule has 4 unspecified atom stereocenters. The molecule has 2 aromatic carbocycles. The van der Waals surface area contributed by atoms with E-state index in [4.69, 9.17) is 29.2 Å². The molecule has 0 aromatic heterocycles. The molecule has 4 heterocycles. The molecule has 3 saturated heterocycles. The van der Waals surface area contributed by atoms with Gasteiger partial charge in [0.05, 0.1) is 31.8 Å². The third-order valence-corrected chi connectivity index (χ3v) is 10.5. The van der Waals surface area contributed by atoms with E-state index in [-0.39, 0.29) is 70.6 Å². The molecule has 0 aliphatic carbocycles. The second-order valence-electron chi connectivity index (χ2n) is 13.7. The van der Waals surface area contributed by atoms with Crippen molar-refractivity contribution >= 4 is 30.5 Å². The summed E-state index contributed by atoms with van der Waals surface area (Å²) in [6.07, 6.45) is 3.96. The molecule has 3 fully saturated rings. The average Bonchev–Trinajstić information content (AvgIpc) is 3.77. The van der Waals surface area contributed by atoms with E-state index in [0.29, 0.717) is 29.6 Å². The fourth-order valence-electron chi connectivity index (χ4n) is 8.12. The Morgan fingerprint density at radius 2 is 1.51 bits per heavy atom. The molecule has 2 N–H and O–H groups in total. The van der Waals surface area contributed by atoms with Gasteiger partial charge in [-0.05, 0) is 6.42 Å². The summed E-state index contributed by atoms with van der Waals surface area (Å²) in [5, 5.41) is 17.9. The Hall–Kier alpha value is -4.06. The number of quaternary nitrogens is 1. The summed E-state index contributed by atoms with van der Waals surface area (Å²) in [7, 11) is 0. The van der Waals surface area contributed by atoms with Crippen LogP contribution in [0.2, 0.25) is 0 Å². The van der Waals surface area contributed by atoms with Crippen LogP contribution in [-0.2, 0) is 53.2 Å². The number of piperidine rings is 1. The van der Waals surface area contributed by atoms with Gasteiger partial charge in [0.2, 0.25) is 12.0 Å². The molecule has 0 radical (unpaired) electrons. The van der Waals surface area contributed by atoms with E-state index in [1.165, 1.54) is 50.2 Å². The van der Waals surface area contributed by atoms with Crippen molar-refractivity contribution in [1.82, 2.24) is 0 Å². The SMILES string of the molecule is CCCC(=O)OC(C)OC(=O)OC(C(=O)OC1CC2CCC(C1)[N+]21CCCC1)(c1ccccc1)c1ccccc1.O=COCCC1OC(=O)C(O)=C1O.[CH3-].[U]. The van der Waals surface area contributed by atoms with Crippen LogP contribution in [0.15, 0.2) is 72.2 Å². The van der Waals surface area contributed by atoms with E-state index >= 15 is 0 Å². The van der Waals surface area contributed by atoms with Crippen LogP contribution in [-0.4, -0.2) is 95.5 Å². The molecule has 1 spiro atoms. The largest absolute Gasteiger partial charge is 0.513 e. The zero-order chi connectivity index (χ0) is 38.0. The van der Waals surface area contributed by atoms with Gasteiger partial charge in [0.25, 0.3) is 12.1 Å². The Morgan fingerprint density at radius 3 is 2.00 bits per heavy atom. The van der Waals surface area contributed by atoms with Crippen LogP contribution < -0.4 is 0 Å². The Kier molecular flexibility index (Phi) is 17.1. The fourth-order valence-corrected chi connectivity index (χ4v) is 8.12. The Labute approximate surface area is 345 Å². The smallest absolute Gasteiger partial charge is 0.505 e. The summed E-state index contributed by atoms with van der Waals surface area (Å²) in [6, 6.07) is 18.8.